The van der Waals surface area contributed by atoms with Crippen molar-refractivity contribution in [3.8, 4) is 0 Å². The molecule has 0 aromatic heterocycles. The predicted octanol–water partition coefficient (Wildman–Crippen LogP) is 5.78. The summed E-state index contributed by atoms with van der Waals surface area (Å²) in [7, 11) is 0. The van der Waals surface area contributed by atoms with E-state index in [4.69, 9.17) is 11.6 Å². The number of rotatable bonds is 7. The Morgan fingerprint density at radius 3 is 1.90 bits per heavy atom. The third kappa shape index (κ3) is 6.19. The van der Waals surface area contributed by atoms with Crippen molar-refractivity contribution in [1.29, 1.82) is 0 Å². The van der Waals surface area contributed by atoms with E-state index in [9.17, 15) is 4.79 Å². The lowest BCUT2D eigenvalue weighted by Gasteiger charge is -2.34. The molecule has 0 unspecified atom stereocenters. The maximum atomic E-state index is 13.5. The van der Waals surface area contributed by atoms with Crippen LogP contribution in [-0.4, -0.2) is 28.8 Å². The minimum atomic E-state index is 0.0861. The first-order valence-electron chi connectivity index (χ1n) is 11.0. The molecular formula is C27H29ClN2O. The third-order valence-electron chi connectivity index (χ3n) is 5.98. The van der Waals surface area contributed by atoms with Gasteiger partial charge in [-0.3, -0.25) is 9.69 Å². The fourth-order valence-electron chi connectivity index (χ4n) is 4.31. The first kappa shape index (κ1) is 21.6. The molecule has 0 saturated carbocycles. The van der Waals surface area contributed by atoms with Gasteiger partial charge in [-0.1, -0.05) is 84.4 Å². The lowest BCUT2D eigenvalue weighted by molar-refractivity contribution is -0.138. The summed E-state index contributed by atoms with van der Waals surface area (Å²) < 4.78 is 0. The number of carbonyl (C=O) groups excluding carboxylic acids is 1. The van der Waals surface area contributed by atoms with E-state index in [1.165, 1.54) is 16.7 Å². The molecule has 1 saturated heterocycles. The number of benzene rings is 3. The van der Waals surface area contributed by atoms with Gasteiger partial charge in [0.25, 0.3) is 0 Å². The quantitative estimate of drug-likeness (QED) is 0.472. The molecule has 0 N–H and O–H groups in total. The summed E-state index contributed by atoms with van der Waals surface area (Å²) in [6.45, 7) is 4.06. The summed E-state index contributed by atoms with van der Waals surface area (Å²) in [5.41, 5.74) is 3.57. The molecule has 0 spiro atoms. The summed E-state index contributed by atoms with van der Waals surface area (Å²) >= 11 is 6.13. The zero-order chi connectivity index (χ0) is 21.5. The fourth-order valence-corrected chi connectivity index (χ4v) is 4.52. The Balaban J connectivity index is 1.39. The van der Waals surface area contributed by atoms with Gasteiger partial charge in [0, 0.05) is 30.6 Å². The molecular weight excluding hydrogens is 404 g/mol. The summed E-state index contributed by atoms with van der Waals surface area (Å²) in [6, 6.07) is 28.6. The molecule has 31 heavy (non-hydrogen) atoms. The fraction of sp³-hybridized carbons (Fsp3) is 0.296. The monoisotopic (exact) mass is 432 g/mol. The number of likely N-dealkylation sites (tertiary alicyclic amines) is 1. The number of hydrogen-bond donors (Lipinski definition) is 0. The second kappa shape index (κ2) is 10.6. The van der Waals surface area contributed by atoms with Gasteiger partial charge in [-0.05, 0) is 54.8 Å². The molecule has 0 bridgehead atoms. The second-order valence-electron chi connectivity index (χ2n) is 8.35. The van der Waals surface area contributed by atoms with Crippen molar-refractivity contribution in [3.05, 3.63) is 107 Å². The summed E-state index contributed by atoms with van der Waals surface area (Å²) in [4.78, 5) is 18.0. The van der Waals surface area contributed by atoms with Crippen molar-refractivity contribution < 1.29 is 4.79 Å². The van der Waals surface area contributed by atoms with Crippen molar-refractivity contribution in [2.45, 2.75) is 32.5 Å². The molecule has 1 aliphatic rings. The standard InChI is InChI=1S/C27H29ClN2O/c28-26-13-7-12-24(18-26)19-29-16-14-25(15-17-29)27(31)30(20-22-8-3-1-4-9-22)21-23-10-5-2-6-11-23/h1-13,18,25H,14-17,19-21H2. The van der Waals surface area contributed by atoms with Crippen LogP contribution in [0.2, 0.25) is 5.02 Å². The number of nitrogens with zero attached hydrogens (tertiary/aromatic N) is 2. The van der Waals surface area contributed by atoms with Gasteiger partial charge in [0.15, 0.2) is 0 Å². The van der Waals surface area contributed by atoms with Gasteiger partial charge < -0.3 is 4.90 Å². The normalized spacial score (nSPS) is 15.0. The van der Waals surface area contributed by atoms with E-state index in [2.05, 4.69) is 35.2 Å². The number of piperidine rings is 1. The number of halogens is 1. The minimum absolute atomic E-state index is 0.0861. The number of amides is 1. The van der Waals surface area contributed by atoms with Gasteiger partial charge in [0.05, 0.1) is 0 Å². The van der Waals surface area contributed by atoms with Crippen molar-refractivity contribution in [2.24, 2.45) is 5.92 Å². The summed E-state index contributed by atoms with van der Waals surface area (Å²) in [5.74, 6) is 0.359. The Bertz CT molecular complexity index is 927. The number of carbonyl (C=O) groups is 1. The topological polar surface area (TPSA) is 23.6 Å². The highest BCUT2D eigenvalue weighted by molar-refractivity contribution is 6.30. The first-order chi connectivity index (χ1) is 15.2. The zero-order valence-corrected chi connectivity index (χ0v) is 18.5. The SMILES string of the molecule is O=C(C1CCN(Cc2cccc(Cl)c2)CC1)N(Cc1ccccc1)Cc1ccccc1. The molecule has 4 heteroatoms. The van der Waals surface area contributed by atoms with Crippen molar-refractivity contribution >= 4 is 17.5 Å². The van der Waals surface area contributed by atoms with Crippen LogP contribution in [-0.2, 0) is 24.4 Å². The maximum absolute atomic E-state index is 13.5. The average Bonchev–Trinajstić information content (AvgIpc) is 2.80. The molecule has 3 nitrogen and oxygen atoms in total. The third-order valence-corrected chi connectivity index (χ3v) is 6.21. The molecule has 0 atom stereocenters. The first-order valence-corrected chi connectivity index (χ1v) is 11.4. The highest BCUT2D eigenvalue weighted by atomic mass is 35.5. The smallest absolute Gasteiger partial charge is 0.226 e. The van der Waals surface area contributed by atoms with E-state index in [1.807, 2.05) is 59.5 Å². The van der Waals surface area contributed by atoms with Crippen LogP contribution in [0.15, 0.2) is 84.9 Å². The lowest BCUT2D eigenvalue weighted by atomic mass is 9.94. The van der Waals surface area contributed by atoms with Crippen molar-refractivity contribution in [3.63, 3.8) is 0 Å². The van der Waals surface area contributed by atoms with E-state index < -0.39 is 0 Å². The van der Waals surface area contributed by atoms with Crippen LogP contribution in [0.3, 0.4) is 0 Å². The molecule has 3 aromatic carbocycles. The molecule has 3 aromatic rings. The Morgan fingerprint density at radius 2 is 1.35 bits per heavy atom. The van der Waals surface area contributed by atoms with Gasteiger partial charge in [-0.2, -0.15) is 0 Å². The molecule has 1 heterocycles. The van der Waals surface area contributed by atoms with Crippen LogP contribution in [0, 0.1) is 5.92 Å². The van der Waals surface area contributed by atoms with Crippen LogP contribution in [0.25, 0.3) is 0 Å². The van der Waals surface area contributed by atoms with Crippen LogP contribution >= 0.6 is 11.6 Å². The Hall–Kier alpha value is -2.62. The minimum Gasteiger partial charge on any atom is -0.334 e. The molecule has 1 fully saturated rings. The van der Waals surface area contributed by atoms with E-state index in [-0.39, 0.29) is 11.8 Å². The average molecular weight is 433 g/mol. The highest BCUT2D eigenvalue weighted by Crippen LogP contribution is 2.24. The van der Waals surface area contributed by atoms with Gasteiger partial charge >= 0.3 is 0 Å². The van der Waals surface area contributed by atoms with Gasteiger partial charge in [0.2, 0.25) is 5.91 Å². The van der Waals surface area contributed by atoms with Crippen LogP contribution in [0.4, 0.5) is 0 Å². The second-order valence-corrected chi connectivity index (χ2v) is 8.78. The summed E-state index contributed by atoms with van der Waals surface area (Å²) in [6.07, 6.45) is 1.80. The van der Waals surface area contributed by atoms with E-state index in [0.717, 1.165) is 37.5 Å². The molecule has 1 amide bonds. The van der Waals surface area contributed by atoms with Crippen LogP contribution in [0.1, 0.15) is 29.5 Å². The number of hydrogen-bond acceptors (Lipinski definition) is 2. The van der Waals surface area contributed by atoms with Gasteiger partial charge in [-0.25, -0.2) is 0 Å². The Labute approximate surface area is 190 Å². The molecule has 1 aliphatic heterocycles. The van der Waals surface area contributed by atoms with E-state index in [0.29, 0.717) is 13.1 Å². The van der Waals surface area contributed by atoms with Crippen molar-refractivity contribution in [1.82, 2.24) is 9.80 Å². The van der Waals surface area contributed by atoms with Crippen LogP contribution in [0.5, 0.6) is 0 Å². The van der Waals surface area contributed by atoms with E-state index in [1.54, 1.807) is 0 Å². The molecule has 0 aliphatic carbocycles. The summed E-state index contributed by atoms with van der Waals surface area (Å²) in [5, 5.41) is 0.778. The maximum Gasteiger partial charge on any atom is 0.226 e. The molecule has 4 rings (SSSR count). The van der Waals surface area contributed by atoms with Gasteiger partial charge in [0.1, 0.15) is 0 Å². The van der Waals surface area contributed by atoms with Crippen LogP contribution < -0.4 is 0 Å². The molecule has 160 valence electrons. The molecule has 0 radical (unpaired) electrons. The van der Waals surface area contributed by atoms with E-state index >= 15 is 0 Å². The zero-order valence-electron chi connectivity index (χ0n) is 17.8. The Morgan fingerprint density at radius 1 is 0.806 bits per heavy atom. The largest absolute Gasteiger partial charge is 0.334 e. The lowest BCUT2D eigenvalue weighted by Crippen LogP contribution is -2.41. The van der Waals surface area contributed by atoms with Crippen molar-refractivity contribution in [2.75, 3.05) is 13.1 Å². The van der Waals surface area contributed by atoms with Gasteiger partial charge in [-0.15, -0.1) is 0 Å². The predicted molar refractivity (Wildman–Crippen MR) is 127 cm³/mol. The highest BCUT2D eigenvalue weighted by Gasteiger charge is 2.28. The Kier molecular flexibility index (Phi) is 7.39.